The zero-order valence-electron chi connectivity index (χ0n) is 15.6. The minimum atomic E-state index is -0.448. The molecule has 8 heteroatoms. The quantitative estimate of drug-likeness (QED) is 0.804. The predicted molar refractivity (Wildman–Crippen MR) is 100 cm³/mol. The maximum atomic E-state index is 12.8. The number of carbonyl (C=O) groups excluding carboxylic acids is 2. The number of carbonyl (C=O) groups is 2. The Morgan fingerprint density at radius 1 is 1.15 bits per heavy atom. The summed E-state index contributed by atoms with van der Waals surface area (Å²) in [6.07, 6.45) is -0.448. The number of hydrogen-bond acceptors (Lipinski definition) is 6. The second-order valence-corrected chi connectivity index (χ2v) is 7.02. The Morgan fingerprint density at radius 2 is 1.85 bits per heavy atom. The van der Waals surface area contributed by atoms with Gasteiger partial charge in [-0.15, -0.1) is 0 Å². The Labute approximate surface area is 153 Å². The summed E-state index contributed by atoms with van der Waals surface area (Å²) in [5.74, 6) is 0.632. The average Bonchev–Trinajstić information content (AvgIpc) is 3.19. The summed E-state index contributed by atoms with van der Waals surface area (Å²) >= 11 is 0. The van der Waals surface area contributed by atoms with Gasteiger partial charge in [0.15, 0.2) is 12.2 Å². The first-order valence-corrected chi connectivity index (χ1v) is 8.91. The standard InChI is InChI=1S/C18H24N6O2/c1-5-22-16(25)14-15(21(4)18(22)26)19-17-23(10-11-24(14)17)13-8-6-12(7-9-13)20(2)3/h6-9,14-15H,5,10-11H2,1-4H3. The first-order valence-electron chi connectivity index (χ1n) is 8.91. The molecular formula is C18H24N6O2. The SMILES string of the molecule is CCN1C(=O)C2C(N=C3N(c4ccc(N(C)C)cc4)CCN32)N(C)C1=O. The first-order chi connectivity index (χ1) is 12.4. The summed E-state index contributed by atoms with van der Waals surface area (Å²) in [6.45, 7) is 3.70. The summed E-state index contributed by atoms with van der Waals surface area (Å²) in [4.78, 5) is 39.1. The third kappa shape index (κ3) is 2.24. The van der Waals surface area contributed by atoms with Crippen molar-refractivity contribution < 1.29 is 9.59 Å². The smallest absolute Gasteiger partial charge is 0.328 e. The second kappa shape index (κ2) is 5.89. The van der Waals surface area contributed by atoms with E-state index in [1.54, 1.807) is 11.9 Å². The maximum absolute atomic E-state index is 12.8. The minimum Gasteiger partial charge on any atom is -0.378 e. The van der Waals surface area contributed by atoms with E-state index in [2.05, 4.69) is 34.1 Å². The fraction of sp³-hybridized carbons (Fsp3) is 0.500. The van der Waals surface area contributed by atoms with Gasteiger partial charge in [-0.25, -0.2) is 9.79 Å². The number of urea groups is 1. The second-order valence-electron chi connectivity index (χ2n) is 7.02. The molecule has 2 saturated heterocycles. The zero-order chi connectivity index (χ0) is 18.6. The van der Waals surface area contributed by atoms with Crippen molar-refractivity contribution in [3.63, 3.8) is 0 Å². The Bertz CT molecular complexity index is 774. The van der Waals surface area contributed by atoms with E-state index in [1.165, 1.54) is 4.90 Å². The lowest BCUT2D eigenvalue weighted by Gasteiger charge is -2.40. The largest absolute Gasteiger partial charge is 0.378 e. The number of likely N-dealkylation sites (N-methyl/N-ethyl adjacent to an activating group) is 2. The molecule has 2 atom stereocenters. The molecule has 4 rings (SSSR count). The lowest BCUT2D eigenvalue weighted by atomic mass is 10.1. The van der Waals surface area contributed by atoms with Gasteiger partial charge in [-0.1, -0.05) is 0 Å². The van der Waals surface area contributed by atoms with E-state index in [0.717, 1.165) is 30.4 Å². The molecule has 0 N–H and O–H groups in total. The fourth-order valence-electron chi connectivity index (χ4n) is 3.90. The molecule has 1 aromatic rings. The van der Waals surface area contributed by atoms with Gasteiger partial charge in [-0.2, -0.15) is 0 Å². The van der Waals surface area contributed by atoms with Crippen LogP contribution in [0.15, 0.2) is 29.3 Å². The highest BCUT2D eigenvalue weighted by atomic mass is 16.2. The van der Waals surface area contributed by atoms with Crippen molar-refractivity contribution in [1.29, 1.82) is 0 Å². The molecule has 3 aliphatic rings. The Morgan fingerprint density at radius 3 is 2.46 bits per heavy atom. The van der Waals surface area contributed by atoms with Gasteiger partial charge < -0.3 is 19.6 Å². The highest BCUT2D eigenvalue weighted by Gasteiger charge is 2.54. The summed E-state index contributed by atoms with van der Waals surface area (Å²) in [5.41, 5.74) is 2.18. The molecule has 0 aromatic heterocycles. The molecule has 2 unspecified atom stereocenters. The lowest BCUT2D eigenvalue weighted by Crippen LogP contribution is -2.64. The summed E-state index contributed by atoms with van der Waals surface area (Å²) in [7, 11) is 5.74. The molecule has 0 saturated carbocycles. The monoisotopic (exact) mass is 356 g/mol. The van der Waals surface area contributed by atoms with E-state index in [1.807, 2.05) is 25.9 Å². The zero-order valence-corrected chi connectivity index (χ0v) is 15.6. The van der Waals surface area contributed by atoms with Gasteiger partial charge in [0.2, 0.25) is 5.96 Å². The Kier molecular flexibility index (Phi) is 3.78. The number of benzene rings is 1. The molecule has 8 nitrogen and oxygen atoms in total. The average molecular weight is 356 g/mol. The number of nitrogens with zero attached hydrogens (tertiary/aromatic N) is 6. The number of amides is 3. The summed E-state index contributed by atoms with van der Waals surface area (Å²) in [6, 6.07) is 7.58. The van der Waals surface area contributed by atoms with Crippen LogP contribution >= 0.6 is 0 Å². The van der Waals surface area contributed by atoms with Crippen LogP contribution in [-0.2, 0) is 4.79 Å². The summed E-state index contributed by atoms with van der Waals surface area (Å²) in [5, 5.41) is 0. The van der Waals surface area contributed by atoms with Crippen molar-refractivity contribution in [3.8, 4) is 0 Å². The van der Waals surface area contributed by atoms with Gasteiger partial charge in [0.05, 0.1) is 0 Å². The van der Waals surface area contributed by atoms with Crippen LogP contribution in [-0.4, -0.2) is 85.6 Å². The van der Waals surface area contributed by atoms with Crippen LogP contribution in [0, 0.1) is 0 Å². The summed E-state index contributed by atoms with van der Waals surface area (Å²) < 4.78 is 0. The van der Waals surface area contributed by atoms with Crippen LogP contribution in [0.4, 0.5) is 16.2 Å². The lowest BCUT2D eigenvalue weighted by molar-refractivity contribution is -0.137. The minimum absolute atomic E-state index is 0.149. The predicted octanol–water partition coefficient (Wildman–Crippen LogP) is 0.853. The number of hydrogen-bond donors (Lipinski definition) is 0. The number of rotatable bonds is 3. The number of anilines is 2. The highest BCUT2D eigenvalue weighted by molar-refractivity contribution is 6.08. The van der Waals surface area contributed by atoms with Crippen LogP contribution in [0.2, 0.25) is 0 Å². The molecule has 0 bridgehead atoms. The molecule has 3 amide bonds. The van der Waals surface area contributed by atoms with Gasteiger partial charge in [-0.3, -0.25) is 9.69 Å². The third-order valence-electron chi connectivity index (χ3n) is 5.37. The number of guanidine groups is 1. The molecule has 2 fully saturated rings. The first kappa shape index (κ1) is 16.7. The van der Waals surface area contributed by atoms with E-state index < -0.39 is 12.2 Å². The van der Waals surface area contributed by atoms with E-state index in [9.17, 15) is 9.59 Å². The molecule has 0 spiro atoms. The van der Waals surface area contributed by atoms with Gasteiger partial charge >= 0.3 is 6.03 Å². The van der Waals surface area contributed by atoms with Crippen molar-refractivity contribution >= 4 is 29.3 Å². The van der Waals surface area contributed by atoms with E-state index in [4.69, 9.17) is 4.99 Å². The van der Waals surface area contributed by atoms with Gasteiger partial charge in [-0.05, 0) is 31.2 Å². The van der Waals surface area contributed by atoms with Crippen molar-refractivity contribution in [2.45, 2.75) is 19.1 Å². The normalized spacial score (nSPS) is 24.8. The van der Waals surface area contributed by atoms with Crippen LogP contribution in [0.25, 0.3) is 0 Å². The van der Waals surface area contributed by atoms with Crippen LogP contribution in [0.1, 0.15) is 6.92 Å². The molecule has 3 heterocycles. The molecule has 0 aliphatic carbocycles. The molecule has 26 heavy (non-hydrogen) atoms. The molecule has 138 valence electrons. The van der Waals surface area contributed by atoms with Gasteiger partial charge in [0.1, 0.15) is 0 Å². The van der Waals surface area contributed by atoms with E-state index in [-0.39, 0.29) is 11.9 Å². The van der Waals surface area contributed by atoms with Gasteiger partial charge in [0, 0.05) is 52.2 Å². The third-order valence-corrected chi connectivity index (χ3v) is 5.37. The van der Waals surface area contributed by atoms with Crippen LogP contribution in [0.3, 0.4) is 0 Å². The van der Waals surface area contributed by atoms with Gasteiger partial charge in [0.25, 0.3) is 5.91 Å². The molecule has 0 radical (unpaired) electrons. The van der Waals surface area contributed by atoms with Crippen molar-refractivity contribution in [2.75, 3.05) is 50.6 Å². The Hall–Kier alpha value is -2.77. The fourth-order valence-corrected chi connectivity index (χ4v) is 3.90. The number of aliphatic imine (C=N–C) groups is 1. The highest BCUT2D eigenvalue weighted by Crippen LogP contribution is 2.33. The van der Waals surface area contributed by atoms with Crippen LogP contribution in [0.5, 0.6) is 0 Å². The molecule has 3 aliphatic heterocycles. The number of fused-ring (bicyclic) bond motifs is 3. The topological polar surface area (TPSA) is 62.7 Å². The van der Waals surface area contributed by atoms with E-state index in [0.29, 0.717) is 6.54 Å². The van der Waals surface area contributed by atoms with Crippen molar-refractivity contribution in [3.05, 3.63) is 24.3 Å². The number of imide groups is 1. The van der Waals surface area contributed by atoms with Crippen LogP contribution < -0.4 is 9.80 Å². The maximum Gasteiger partial charge on any atom is 0.328 e. The molecular weight excluding hydrogens is 332 g/mol. The molecule has 1 aromatic carbocycles. The van der Waals surface area contributed by atoms with E-state index >= 15 is 0 Å². The van der Waals surface area contributed by atoms with Crippen molar-refractivity contribution in [2.24, 2.45) is 4.99 Å². The Balaban J connectivity index is 1.64. The van der Waals surface area contributed by atoms with Crippen molar-refractivity contribution in [1.82, 2.24) is 14.7 Å².